The van der Waals surface area contributed by atoms with E-state index < -0.39 is 5.92 Å². The van der Waals surface area contributed by atoms with Gasteiger partial charge < -0.3 is 15.0 Å². The predicted octanol–water partition coefficient (Wildman–Crippen LogP) is 5.63. The summed E-state index contributed by atoms with van der Waals surface area (Å²) in [6.45, 7) is 7.08. The maximum Gasteiger partial charge on any atom is 0.239 e. The van der Waals surface area contributed by atoms with E-state index in [4.69, 9.17) is 4.74 Å². The normalized spacial score (nSPS) is 37.8. The minimum Gasteiger partial charge on any atom is -0.497 e. The Morgan fingerprint density at radius 2 is 1.97 bits per heavy atom. The lowest BCUT2D eigenvalue weighted by Gasteiger charge is -2.59. The number of rotatable bonds is 3. The Kier molecular flexibility index (Phi) is 5.37. The number of nitrogens with one attached hydrogen (secondary N) is 1. The van der Waals surface area contributed by atoms with Crippen molar-refractivity contribution in [3.05, 3.63) is 35.5 Å². The van der Waals surface area contributed by atoms with Gasteiger partial charge in [-0.15, -0.1) is 0 Å². The van der Waals surface area contributed by atoms with Crippen molar-refractivity contribution in [3.63, 3.8) is 0 Å². The number of nitrogens with zero attached hydrogens (tertiary/aromatic N) is 1. The fourth-order valence-electron chi connectivity index (χ4n) is 8.38. The minimum atomic E-state index is -0.668. The average molecular weight is 451 g/mol. The molecule has 1 aliphatic heterocycles. The number of amides is 2. The van der Waals surface area contributed by atoms with Crippen LogP contribution in [0.2, 0.25) is 0 Å². The van der Waals surface area contributed by atoms with Crippen molar-refractivity contribution in [2.75, 3.05) is 19.5 Å². The molecule has 33 heavy (non-hydrogen) atoms. The molecule has 0 aromatic heterocycles. The number of piperidine rings is 1. The number of ether oxygens (including phenoxy) is 1. The highest BCUT2D eigenvalue weighted by Crippen LogP contribution is 2.65. The minimum absolute atomic E-state index is 0.0813. The highest BCUT2D eigenvalue weighted by molar-refractivity contribution is 6.07. The molecule has 2 amide bonds. The van der Waals surface area contributed by atoms with E-state index in [-0.39, 0.29) is 17.2 Å². The van der Waals surface area contributed by atoms with Gasteiger partial charge in [-0.3, -0.25) is 9.59 Å². The van der Waals surface area contributed by atoms with Gasteiger partial charge in [0.2, 0.25) is 11.8 Å². The van der Waals surface area contributed by atoms with Gasteiger partial charge in [0.1, 0.15) is 11.7 Å². The van der Waals surface area contributed by atoms with Crippen LogP contribution in [0.5, 0.6) is 5.75 Å². The molecule has 1 aromatic carbocycles. The molecular weight excluding hydrogens is 412 g/mol. The van der Waals surface area contributed by atoms with E-state index >= 15 is 0 Å². The lowest BCUT2D eigenvalue weighted by atomic mass is 9.48. The van der Waals surface area contributed by atoms with Gasteiger partial charge in [-0.1, -0.05) is 31.9 Å². The summed E-state index contributed by atoms with van der Waals surface area (Å²) in [7, 11) is 3.49. The summed E-state index contributed by atoms with van der Waals surface area (Å²) in [6.07, 6.45) is 8.23. The number of carbonyl (C=O) groups excluding carboxylic acids is 2. The van der Waals surface area contributed by atoms with Gasteiger partial charge in [-0.05, 0) is 80.8 Å². The molecule has 3 aliphatic carbocycles. The van der Waals surface area contributed by atoms with Crippen molar-refractivity contribution in [3.8, 4) is 5.75 Å². The lowest BCUT2D eigenvalue weighted by Crippen LogP contribution is -2.57. The molecule has 0 radical (unpaired) electrons. The van der Waals surface area contributed by atoms with Crippen LogP contribution >= 0.6 is 0 Å². The smallest absolute Gasteiger partial charge is 0.239 e. The average Bonchev–Trinajstić information content (AvgIpc) is 3.18. The molecule has 1 saturated heterocycles. The third kappa shape index (κ3) is 3.41. The Hall–Kier alpha value is -2.30. The van der Waals surface area contributed by atoms with Crippen molar-refractivity contribution >= 4 is 17.5 Å². The maximum absolute atomic E-state index is 13.4. The number of fused-ring (bicyclic) bond motifs is 5. The predicted molar refractivity (Wildman–Crippen MR) is 130 cm³/mol. The van der Waals surface area contributed by atoms with E-state index in [0.29, 0.717) is 35.1 Å². The van der Waals surface area contributed by atoms with Gasteiger partial charge in [-0.25, -0.2) is 0 Å². The van der Waals surface area contributed by atoms with Crippen molar-refractivity contribution in [2.45, 2.75) is 65.7 Å². The van der Waals surface area contributed by atoms with Crippen LogP contribution in [0.25, 0.3) is 0 Å². The Balaban J connectivity index is 1.46. The summed E-state index contributed by atoms with van der Waals surface area (Å²) in [5, 5.41) is 2.99. The van der Waals surface area contributed by atoms with Gasteiger partial charge in [0.05, 0.1) is 7.11 Å². The van der Waals surface area contributed by atoms with E-state index in [9.17, 15) is 9.59 Å². The Morgan fingerprint density at radius 3 is 2.73 bits per heavy atom. The summed E-state index contributed by atoms with van der Waals surface area (Å²) >= 11 is 0. The summed E-state index contributed by atoms with van der Waals surface area (Å²) in [4.78, 5) is 28.6. The van der Waals surface area contributed by atoms with Crippen LogP contribution in [0.15, 0.2) is 35.5 Å². The van der Waals surface area contributed by atoms with Gasteiger partial charge in [0.15, 0.2) is 0 Å². The zero-order valence-electron chi connectivity index (χ0n) is 20.7. The summed E-state index contributed by atoms with van der Waals surface area (Å²) in [5.41, 5.74) is 3.56. The molecule has 5 heteroatoms. The van der Waals surface area contributed by atoms with Crippen LogP contribution in [-0.2, 0) is 9.59 Å². The van der Waals surface area contributed by atoms with Gasteiger partial charge >= 0.3 is 0 Å². The van der Waals surface area contributed by atoms with E-state index in [1.165, 1.54) is 43.4 Å². The van der Waals surface area contributed by atoms with E-state index in [1.807, 2.05) is 30.1 Å². The van der Waals surface area contributed by atoms with Crippen LogP contribution in [0.1, 0.15) is 65.7 Å². The first-order valence-electron chi connectivity index (χ1n) is 12.6. The fraction of sp³-hybridized carbons (Fsp3) is 0.643. The quantitative estimate of drug-likeness (QED) is 0.607. The number of hydrogen-bond acceptors (Lipinski definition) is 3. The summed E-state index contributed by atoms with van der Waals surface area (Å²) in [6, 6.07) is 7.33. The molecule has 0 spiro atoms. The molecule has 1 heterocycles. The molecule has 1 aromatic rings. The number of allylic oxidation sites excluding steroid dienone is 2. The van der Waals surface area contributed by atoms with Gasteiger partial charge in [0.25, 0.3) is 0 Å². The summed E-state index contributed by atoms with van der Waals surface area (Å²) < 4.78 is 5.29. The molecular formula is C28H38N2O3. The number of carbonyl (C=O) groups is 2. The molecule has 178 valence electrons. The molecule has 1 N–H and O–H groups in total. The van der Waals surface area contributed by atoms with Crippen molar-refractivity contribution < 1.29 is 14.3 Å². The van der Waals surface area contributed by atoms with E-state index in [1.54, 1.807) is 13.2 Å². The zero-order valence-corrected chi connectivity index (χ0v) is 20.7. The third-order valence-electron chi connectivity index (χ3n) is 9.77. The molecule has 6 atom stereocenters. The number of anilines is 1. The Bertz CT molecular complexity index is 1020. The van der Waals surface area contributed by atoms with Gasteiger partial charge in [-0.2, -0.15) is 0 Å². The first-order valence-corrected chi connectivity index (χ1v) is 12.6. The monoisotopic (exact) mass is 450 g/mol. The molecule has 5 nitrogen and oxygen atoms in total. The first kappa shape index (κ1) is 22.5. The fourth-order valence-corrected chi connectivity index (χ4v) is 8.38. The van der Waals surface area contributed by atoms with E-state index in [2.05, 4.69) is 26.1 Å². The van der Waals surface area contributed by atoms with Crippen LogP contribution < -0.4 is 10.1 Å². The lowest BCUT2D eigenvalue weighted by molar-refractivity contribution is -0.147. The number of hydrogen-bond donors (Lipinski definition) is 1. The molecule has 5 rings (SSSR count). The third-order valence-corrected chi connectivity index (χ3v) is 9.77. The summed E-state index contributed by atoms with van der Waals surface area (Å²) in [5.74, 6) is 1.71. The van der Waals surface area contributed by atoms with Crippen LogP contribution in [0.4, 0.5) is 5.69 Å². The second-order valence-corrected chi connectivity index (χ2v) is 11.6. The van der Waals surface area contributed by atoms with Crippen molar-refractivity contribution in [1.82, 2.24) is 4.90 Å². The highest BCUT2D eigenvalue weighted by Gasteiger charge is 2.60. The molecule has 0 bridgehead atoms. The van der Waals surface area contributed by atoms with Crippen molar-refractivity contribution in [2.24, 2.45) is 34.5 Å². The molecule has 4 aliphatic rings. The van der Waals surface area contributed by atoms with Gasteiger partial charge in [0, 0.05) is 29.9 Å². The highest BCUT2D eigenvalue weighted by atomic mass is 16.5. The Labute approximate surface area is 197 Å². The Morgan fingerprint density at radius 1 is 1.18 bits per heavy atom. The van der Waals surface area contributed by atoms with E-state index in [0.717, 1.165) is 12.3 Å². The largest absolute Gasteiger partial charge is 0.497 e. The SMILES string of the molecule is COc1cccc(NC(=O)C2C[C@@]3(C)C(=C(C)C[C@@H]4[C@H]3CC[C@]3(C)CCC[C@@H]43)N(C)C2=O)c1. The first-order chi connectivity index (χ1) is 15.7. The second-order valence-electron chi connectivity index (χ2n) is 11.6. The molecule has 1 unspecified atom stereocenters. The van der Waals surface area contributed by atoms with Crippen molar-refractivity contribution in [1.29, 1.82) is 0 Å². The number of likely N-dealkylation sites (tertiary alicyclic amines) is 1. The number of methoxy groups -OCH3 is 1. The molecule has 2 saturated carbocycles. The number of benzene rings is 1. The maximum atomic E-state index is 13.4. The molecule has 3 fully saturated rings. The second kappa shape index (κ2) is 7.89. The standard InChI is InChI=1S/C28H38N2O3/c1-17-14-20-22-10-7-12-27(22,2)13-11-23(20)28(3)16-21(26(32)30(4)24(17)28)25(31)29-18-8-6-9-19(15-18)33-5/h6,8-9,15,20-23H,7,10-14,16H2,1-5H3,(H,29,31)/t20-,21?,22-,23+,27-,28+/m0/s1. The topological polar surface area (TPSA) is 58.6 Å². The zero-order chi connectivity index (χ0) is 23.5. The van der Waals surface area contributed by atoms with Crippen LogP contribution in [0, 0.1) is 34.5 Å². The van der Waals surface area contributed by atoms with Crippen LogP contribution in [0.3, 0.4) is 0 Å². The van der Waals surface area contributed by atoms with Crippen LogP contribution in [-0.4, -0.2) is 30.9 Å².